The predicted octanol–water partition coefficient (Wildman–Crippen LogP) is 4.44. The first kappa shape index (κ1) is 24.1. The number of hydrogen-bond acceptors (Lipinski definition) is 4. The molecule has 32 heavy (non-hydrogen) atoms. The first-order chi connectivity index (χ1) is 15.1. The van der Waals surface area contributed by atoms with Crippen molar-refractivity contribution < 1.29 is 13.2 Å². The summed E-state index contributed by atoms with van der Waals surface area (Å²) in [6, 6.07) is 15.4. The van der Waals surface area contributed by atoms with Crippen molar-refractivity contribution in [2.75, 3.05) is 35.1 Å². The molecule has 1 atom stereocenters. The summed E-state index contributed by atoms with van der Waals surface area (Å²) in [6.45, 7) is 8.00. The van der Waals surface area contributed by atoms with Crippen LogP contribution in [0.2, 0.25) is 0 Å². The van der Waals surface area contributed by atoms with Crippen molar-refractivity contribution in [1.82, 2.24) is 5.32 Å². The number of benzene rings is 2. The van der Waals surface area contributed by atoms with Gasteiger partial charge in [-0.05, 0) is 67.5 Å². The Morgan fingerprint density at radius 3 is 2.03 bits per heavy atom. The molecule has 0 bridgehead atoms. The second kappa shape index (κ2) is 10.4. The average Bonchev–Trinajstić information content (AvgIpc) is 2.77. The van der Waals surface area contributed by atoms with Crippen molar-refractivity contribution >= 4 is 27.3 Å². The Balaban J connectivity index is 1.65. The molecule has 0 aliphatic carbocycles. The Morgan fingerprint density at radius 1 is 0.938 bits per heavy atom. The molecule has 174 valence electrons. The second-order valence-corrected chi connectivity index (χ2v) is 10.9. The summed E-state index contributed by atoms with van der Waals surface area (Å²) in [7, 11) is -3.60. The maximum atomic E-state index is 12.7. The summed E-state index contributed by atoms with van der Waals surface area (Å²) in [5.74, 6) is 0.0113. The van der Waals surface area contributed by atoms with E-state index in [0.29, 0.717) is 11.6 Å². The van der Waals surface area contributed by atoms with Gasteiger partial charge in [-0.3, -0.25) is 9.10 Å². The molecular weight excluding hydrogens is 422 g/mol. The van der Waals surface area contributed by atoms with Crippen LogP contribution in [0.1, 0.15) is 63.1 Å². The third-order valence-corrected chi connectivity index (χ3v) is 7.17. The first-order valence-corrected chi connectivity index (χ1v) is 13.2. The molecule has 1 saturated heterocycles. The molecule has 0 radical (unpaired) electrons. The van der Waals surface area contributed by atoms with E-state index in [1.807, 2.05) is 31.2 Å². The average molecular weight is 458 g/mol. The molecule has 1 aliphatic heterocycles. The topological polar surface area (TPSA) is 69.7 Å². The van der Waals surface area contributed by atoms with E-state index in [9.17, 15) is 13.2 Å². The maximum absolute atomic E-state index is 12.7. The molecular formula is C25H35N3O3S. The van der Waals surface area contributed by atoms with E-state index in [2.05, 4.69) is 36.2 Å². The van der Waals surface area contributed by atoms with E-state index in [-0.39, 0.29) is 18.5 Å². The van der Waals surface area contributed by atoms with E-state index in [1.165, 1.54) is 24.9 Å². The van der Waals surface area contributed by atoms with Gasteiger partial charge in [0.15, 0.2) is 0 Å². The molecule has 0 saturated carbocycles. The minimum absolute atomic E-state index is 0.220. The highest BCUT2D eigenvalue weighted by Crippen LogP contribution is 2.24. The van der Waals surface area contributed by atoms with Crippen molar-refractivity contribution in [3.63, 3.8) is 0 Å². The highest BCUT2D eigenvalue weighted by Gasteiger charge is 2.22. The SMILES string of the molecule is CC(C)c1ccc(N(CC(=O)NC(C)c2ccc(N3CCCCC3)cc2)S(C)(=O)=O)cc1. The molecule has 2 aromatic carbocycles. The number of rotatable bonds is 8. The van der Waals surface area contributed by atoms with E-state index in [0.717, 1.165) is 34.8 Å². The number of sulfonamides is 1. The van der Waals surface area contributed by atoms with E-state index < -0.39 is 10.0 Å². The van der Waals surface area contributed by atoms with Gasteiger partial charge in [-0.25, -0.2) is 8.42 Å². The number of amides is 1. The Labute approximate surface area is 192 Å². The fourth-order valence-electron chi connectivity index (χ4n) is 4.05. The normalized spacial score (nSPS) is 15.5. The Morgan fingerprint density at radius 2 is 1.50 bits per heavy atom. The summed E-state index contributed by atoms with van der Waals surface area (Å²) in [5.41, 5.74) is 3.81. The lowest BCUT2D eigenvalue weighted by Crippen LogP contribution is -2.41. The van der Waals surface area contributed by atoms with E-state index >= 15 is 0 Å². The number of nitrogens with one attached hydrogen (secondary N) is 1. The highest BCUT2D eigenvalue weighted by molar-refractivity contribution is 7.92. The lowest BCUT2D eigenvalue weighted by atomic mass is 10.0. The molecule has 3 rings (SSSR count). The number of carbonyl (C=O) groups excluding carboxylic acids is 1. The number of carbonyl (C=O) groups is 1. The molecule has 1 fully saturated rings. The van der Waals surface area contributed by atoms with Crippen LogP contribution in [-0.4, -0.2) is 40.2 Å². The molecule has 1 aliphatic rings. The van der Waals surface area contributed by atoms with Crippen molar-refractivity contribution in [3.05, 3.63) is 59.7 Å². The van der Waals surface area contributed by atoms with Crippen LogP contribution in [0.25, 0.3) is 0 Å². The van der Waals surface area contributed by atoms with Gasteiger partial charge in [0.25, 0.3) is 0 Å². The van der Waals surface area contributed by atoms with Gasteiger partial charge in [-0.15, -0.1) is 0 Å². The first-order valence-electron chi connectivity index (χ1n) is 11.4. The predicted molar refractivity (Wildman–Crippen MR) is 132 cm³/mol. The summed E-state index contributed by atoms with van der Waals surface area (Å²) < 4.78 is 25.9. The number of hydrogen-bond donors (Lipinski definition) is 1. The lowest BCUT2D eigenvalue weighted by Gasteiger charge is -2.29. The van der Waals surface area contributed by atoms with E-state index in [4.69, 9.17) is 0 Å². The molecule has 0 spiro atoms. The van der Waals surface area contributed by atoms with Gasteiger partial charge < -0.3 is 10.2 Å². The van der Waals surface area contributed by atoms with Gasteiger partial charge in [0, 0.05) is 18.8 Å². The zero-order valence-electron chi connectivity index (χ0n) is 19.5. The molecule has 2 aromatic rings. The van der Waals surface area contributed by atoms with Gasteiger partial charge in [0.2, 0.25) is 15.9 Å². The van der Waals surface area contributed by atoms with Gasteiger partial charge >= 0.3 is 0 Å². The van der Waals surface area contributed by atoms with Crippen molar-refractivity contribution in [1.29, 1.82) is 0 Å². The Hall–Kier alpha value is -2.54. The monoisotopic (exact) mass is 457 g/mol. The van der Waals surface area contributed by atoms with Crippen molar-refractivity contribution in [2.45, 2.75) is 52.0 Å². The third kappa shape index (κ3) is 6.25. The van der Waals surface area contributed by atoms with Crippen molar-refractivity contribution in [3.8, 4) is 0 Å². The highest BCUT2D eigenvalue weighted by atomic mass is 32.2. The van der Waals surface area contributed by atoms with Gasteiger partial charge in [-0.2, -0.15) is 0 Å². The van der Waals surface area contributed by atoms with Crippen LogP contribution in [0.4, 0.5) is 11.4 Å². The van der Waals surface area contributed by atoms with Crippen LogP contribution in [0.5, 0.6) is 0 Å². The molecule has 6 nitrogen and oxygen atoms in total. The molecule has 0 aromatic heterocycles. The standard InChI is InChI=1S/C25H35N3O3S/c1-19(2)21-8-14-24(15-9-21)28(32(4,30)31)18-25(29)26-20(3)22-10-12-23(13-11-22)27-16-6-5-7-17-27/h8-15,19-20H,5-7,16-18H2,1-4H3,(H,26,29). The summed E-state index contributed by atoms with van der Waals surface area (Å²) in [4.78, 5) is 15.1. The minimum Gasteiger partial charge on any atom is -0.372 e. The van der Waals surface area contributed by atoms with Crippen LogP contribution in [0, 0.1) is 0 Å². The zero-order chi connectivity index (χ0) is 23.3. The second-order valence-electron chi connectivity index (χ2n) is 8.94. The van der Waals surface area contributed by atoms with Crippen LogP contribution in [0.3, 0.4) is 0 Å². The number of piperidine rings is 1. The van der Waals surface area contributed by atoms with Gasteiger partial charge in [-0.1, -0.05) is 38.1 Å². The summed E-state index contributed by atoms with van der Waals surface area (Å²) >= 11 is 0. The smallest absolute Gasteiger partial charge is 0.241 e. The maximum Gasteiger partial charge on any atom is 0.241 e. The van der Waals surface area contributed by atoms with Gasteiger partial charge in [0.1, 0.15) is 6.54 Å². The van der Waals surface area contributed by atoms with Gasteiger partial charge in [0.05, 0.1) is 18.0 Å². The van der Waals surface area contributed by atoms with E-state index in [1.54, 1.807) is 12.1 Å². The quantitative estimate of drug-likeness (QED) is 0.636. The third-order valence-electron chi connectivity index (χ3n) is 6.03. The molecule has 7 heteroatoms. The fourth-order valence-corrected chi connectivity index (χ4v) is 4.91. The minimum atomic E-state index is -3.60. The van der Waals surface area contributed by atoms with Crippen LogP contribution < -0.4 is 14.5 Å². The van der Waals surface area contributed by atoms with Crippen LogP contribution in [-0.2, 0) is 14.8 Å². The Kier molecular flexibility index (Phi) is 7.82. The number of nitrogens with zero attached hydrogens (tertiary/aromatic N) is 2. The fraction of sp³-hybridized carbons (Fsp3) is 0.480. The molecule has 1 amide bonds. The van der Waals surface area contributed by atoms with Crippen LogP contribution >= 0.6 is 0 Å². The molecule has 1 N–H and O–H groups in total. The molecule has 1 heterocycles. The zero-order valence-corrected chi connectivity index (χ0v) is 20.4. The lowest BCUT2D eigenvalue weighted by molar-refractivity contribution is -0.120. The van der Waals surface area contributed by atoms with Crippen LogP contribution in [0.15, 0.2) is 48.5 Å². The summed E-state index contributed by atoms with van der Waals surface area (Å²) in [5, 5.41) is 2.94. The number of anilines is 2. The largest absolute Gasteiger partial charge is 0.372 e. The summed E-state index contributed by atoms with van der Waals surface area (Å²) in [6.07, 6.45) is 4.87. The van der Waals surface area contributed by atoms with Crippen molar-refractivity contribution in [2.24, 2.45) is 0 Å². The molecule has 1 unspecified atom stereocenters. The Bertz CT molecular complexity index is 996.